The summed E-state index contributed by atoms with van der Waals surface area (Å²) in [5.74, 6) is 0.951. The Hall–Kier alpha value is -2.27. The number of benzene rings is 2. The summed E-state index contributed by atoms with van der Waals surface area (Å²) < 4.78 is 29.2. The van der Waals surface area contributed by atoms with E-state index in [0.717, 1.165) is 0 Å². The maximum atomic E-state index is 13.5. The summed E-state index contributed by atoms with van der Waals surface area (Å²) in [5.41, 5.74) is 7.71. The van der Waals surface area contributed by atoms with Gasteiger partial charge in [0.25, 0.3) is 0 Å². The summed E-state index contributed by atoms with van der Waals surface area (Å²) in [7, 11) is 4.55. The molecule has 5 heteroatoms. The molecular weight excluding hydrogens is 273 g/mol. The van der Waals surface area contributed by atoms with Crippen LogP contribution in [0.3, 0.4) is 0 Å². The molecule has 1 atom stereocenters. The van der Waals surface area contributed by atoms with Gasteiger partial charge >= 0.3 is 0 Å². The lowest BCUT2D eigenvalue weighted by Crippen LogP contribution is -2.14. The van der Waals surface area contributed by atoms with E-state index < -0.39 is 11.9 Å². The lowest BCUT2D eigenvalue weighted by molar-refractivity contribution is 0.380. The second-order valence-electron chi connectivity index (χ2n) is 4.45. The maximum absolute atomic E-state index is 13.5. The van der Waals surface area contributed by atoms with Crippen LogP contribution in [0.5, 0.6) is 17.2 Å². The van der Waals surface area contributed by atoms with Crippen LogP contribution < -0.4 is 19.9 Å². The Morgan fingerprint density at radius 2 is 1.48 bits per heavy atom. The van der Waals surface area contributed by atoms with E-state index in [-0.39, 0.29) is 5.75 Å². The van der Waals surface area contributed by atoms with Gasteiger partial charge in [-0.2, -0.15) is 0 Å². The van der Waals surface area contributed by atoms with Gasteiger partial charge in [0, 0.05) is 0 Å². The molecule has 0 saturated heterocycles. The number of ether oxygens (including phenoxy) is 3. The molecule has 0 aliphatic carbocycles. The number of hydrogen-bond donors (Lipinski definition) is 1. The highest BCUT2D eigenvalue weighted by molar-refractivity contribution is 5.51. The normalized spacial score (nSPS) is 11.9. The average Bonchev–Trinajstić information content (AvgIpc) is 2.53. The minimum Gasteiger partial charge on any atom is -0.496 e. The minimum atomic E-state index is -0.523. The third-order valence-electron chi connectivity index (χ3n) is 3.31. The lowest BCUT2D eigenvalue weighted by Gasteiger charge is -2.19. The van der Waals surface area contributed by atoms with Crippen LogP contribution in [0.2, 0.25) is 0 Å². The Morgan fingerprint density at radius 1 is 0.905 bits per heavy atom. The Kier molecular flexibility index (Phi) is 4.65. The predicted molar refractivity (Wildman–Crippen MR) is 78.5 cm³/mol. The van der Waals surface area contributed by atoms with E-state index in [1.54, 1.807) is 38.5 Å². The molecule has 0 saturated carbocycles. The van der Waals surface area contributed by atoms with Crippen molar-refractivity contribution in [2.75, 3.05) is 21.3 Å². The first kappa shape index (κ1) is 15.1. The van der Waals surface area contributed by atoms with Crippen LogP contribution in [0.25, 0.3) is 0 Å². The van der Waals surface area contributed by atoms with Crippen LogP contribution in [-0.4, -0.2) is 21.3 Å². The Balaban J connectivity index is 2.51. The standard InChI is InChI=1S/C16H18FNO3/c1-19-12-5-4-6-13(20-2)15(12)16(18)10-7-8-11(17)14(9-10)21-3/h4-9,16H,18H2,1-3H3. The Morgan fingerprint density at radius 3 is 2.00 bits per heavy atom. The number of nitrogens with two attached hydrogens (primary N) is 1. The average molecular weight is 291 g/mol. The van der Waals surface area contributed by atoms with Crippen molar-refractivity contribution < 1.29 is 18.6 Å². The van der Waals surface area contributed by atoms with Gasteiger partial charge in [-0.15, -0.1) is 0 Å². The van der Waals surface area contributed by atoms with Crippen molar-refractivity contribution in [3.8, 4) is 17.2 Å². The van der Waals surface area contributed by atoms with Crippen LogP contribution >= 0.6 is 0 Å². The second-order valence-corrected chi connectivity index (χ2v) is 4.45. The first-order valence-corrected chi connectivity index (χ1v) is 6.42. The lowest BCUT2D eigenvalue weighted by atomic mass is 9.97. The number of rotatable bonds is 5. The molecule has 0 aliphatic heterocycles. The molecule has 0 radical (unpaired) electrons. The van der Waals surface area contributed by atoms with Crippen molar-refractivity contribution in [1.29, 1.82) is 0 Å². The molecule has 0 aliphatic rings. The molecule has 1 unspecified atom stereocenters. The summed E-state index contributed by atoms with van der Waals surface area (Å²) in [4.78, 5) is 0. The molecule has 2 N–H and O–H groups in total. The van der Waals surface area contributed by atoms with E-state index in [1.165, 1.54) is 13.2 Å². The fraction of sp³-hybridized carbons (Fsp3) is 0.250. The fourth-order valence-electron chi connectivity index (χ4n) is 2.22. The SMILES string of the molecule is COc1cc(C(N)c2c(OC)cccc2OC)ccc1F. The van der Waals surface area contributed by atoms with Crippen molar-refractivity contribution in [2.24, 2.45) is 5.73 Å². The minimum absolute atomic E-state index is 0.150. The van der Waals surface area contributed by atoms with Gasteiger partial charge in [-0.3, -0.25) is 0 Å². The molecule has 2 aromatic carbocycles. The largest absolute Gasteiger partial charge is 0.496 e. The second kappa shape index (κ2) is 6.45. The number of methoxy groups -OCH3 is 3. The van der Waals surface area contributed by atoms with Crippen LogP contribution in [-0.2, 0) is 0 Å². The van der Waals surface area contributed by atoms with E-state index in [9.17, 15) is 4.39 Å². The zero-order valence-corrected chi connectivity index (χ0v) is 12.2. The van der Waals surface area contributed by atoms with Gasteiger partial charge in [0.1, 0.15) is 11.5 Å². The molecule has 21 heavy (non-hydrogen) atoms. The van der Waals surface area contributed by atoms with Gasteiger partial charge in [-0.1, -0.05) is 12.1 Å². The third kappa shape index (κ3) is 2.92. The molecule has 112 valence electrons. The summed E-state index contributed by atoms with van der Waals surface area (Å²) >= 11 is 0. The van der Waals surface area contributed by atoms with E-state index >= 15 is 0 Å². The highest BCUT2D eigenvalue weighted by Gasteiger charge is 2.20. The zero-order valence-electron chi connectivity index (χ0n) is 12.2. The van der Waals surface area contributed by atoms with Gasteiger partial charge in [0.05, 0.1) is 32.9 Å². The van der Waals surface area contributed by atoms with Crippen LogP contribution in [0.15, 0.2) is 36.4 Å². The highest BCUT2D eigenvalue weighted by Crippen LogP contribution is 2.37. The molecule has 0 aromatic heterocycles. The summed E-state index contributed by atoms with van der Waals surface area (Å²) in [6.07, 6.45) is 0. The number of hydrogen-bond acceptors (Lipinski definition) is 4. The first-order chi connectivity index (χ1) is 10.1. The molecule has 0 amide bonds. The molecule has 0 fully saturated rings. The maximum Gasteiger partial charge on any atom is 0.165 e. The van der Waals surface area contributed by atoms with E-state index in [0.29, 0.717) is 22.6 Å². The van der Waals surface area contributed by atoms with Gasteiger partial charge in [0.15, 0.2) is 11.6 Å². The quantitative estimate of drug-likeness (QED) is 0.920. The molecule has 0 spiro atoms. The fourth-order valence-corrected chi connectivity index (χ4v) is 2.22. The van der Waals surface area contributed by atoms with Crippen molar-refractivity contribution in [3.05, 3.63) is 53.3 Å². The van der Waals surface area contributed by atoms with Gasteiger partial charge < -0.3 is 19.9 Å². The molecular formula is C16H18FNO3. The van der Waals surface area contributed by atoms with E-state index in [2.05, 4.69) is 0 Å². The van der Waals surface area contributed by atoms with Crippen molar-refractivity contribution in [2.45, 2.75) is 6.04 Å². The predicted octanol–water partition coefficient (Wildman–Crippen LogP) is 2.90. The first-order valence-electron chi connectivity index (χ1n) is 6.42. The highest BCUT2D eigenvalue weighted by atomic mass is 19.1. The topological polar surface area (TPSA) is 53.7 Å². The van der Waals surface area contributed by atoms with Gasteiger partial charge in [-0.25, -0.2) is 4.39 Å². The van der Waals surface area contributed by atoms with E-state index in [1.807, 2.05) is 6.07 Å². The van der Waals surface area contributed by atoms with Crippen molar-refractivity contribution in [3.63, 3.8) is 0 Å². The smallest absolute Gasteiger partial charge is 0.165 e. The zero-order chi connectivity index (χ0) is 15.4. The molecule has 0 bridgehead atoms. The molecule has 2 rings (SSSR count). The Labute approximate surface area is 123 Å². The number of halogens is 1. The third-order valence-corrected chi connectivity index (χ3v) is 3.31. The van der Waals surface area contributed by atoms with Gasteiger partial charge in [-0.05, 0) is 29.8 Å². The molecule has 4 nitrogen and oxygen atoms in total. The van der Waals surface area contributed by atoms with Crippen molar-refractivity contribution in [1.82, 2.24) is 0 Å². The van der Waals surface area contributed by atoms with E-state index in [4.69, 9.17) is 19.9 Å². The summed E-state index contributed by atoms with van der Waals surface area (Å²) in [6, 6.07) is 9.43. The summed E-state index contributed by atoms with van der Waals surface area (Å²) in [5, 5.41) is 0. The van der Waals surface area contributed by atoms with Crippen LogP contribution in [0, 0.1) is 5.82 Å². The monoisotopic (exact) mass is 291 g/mol. The Bertz CT molecular complexity index is 609. The van der Waals surface area contributed by atoms with Crippen LogP contribution in [0.1, 0.15) is 17.2 Å². The molecule has 0 heterocycles. The van der Waals surface area contributed by atoms with Gasteiger partial charge in [0.2, 0.25) is 0 Å². The summed E-state index contributed by atoms with van der Waals surface area (Å²) in [6.45, 7) is 0. The van der Waals surface area contributed by atoms with Crippen LogP contribution in [0.4, 0.5) is 4.39 Å². The van der Waals surface area contributed by atoms with Crippen molar-refractivity contribution >= 4 is 0 Å². The molecule has 2 aromatic rings.